The van der Waals surface area contributed by atoms with Crippen molar-refractivity contribution in [1.82, 2.24) is 19.7 Å². The molecule has 2 heterocycles. The number of aromatic nitrogens is 3. The van der Waals surface area contributed by atoms with Crippen molar-refractivity contribution in [3.05, 3.63) is 42.0 Å². The summed E-state index contributed by atoms with van der Waals surface area (Å²) in [6.07, 6.45) is 5.57. The van der Waals surface area contributed by atoms with Gasteiger partial charge in [0.1, 0.15) is 12.7 Å². The number of likely N-dealkylation sites (tertiary alicyclic amines) is 1. The maximum Gasteiger partial charge on any atom is 0.311 e. The molecule has 1 aromatic carbocycles. The molecule has 1 aromatic heterocycles. The average Bonchev–Trinajstić information content (AvgIpc) is 3.29. The number of fused-ring (bicyclic) bond motifs is 1. The second kappa shape index (κ2) is 5.68. The van der Waals surface area contributed by atoms with Crippen molar-refractivity contribution in [1.29, 1.82) is 0 Å². The summed E-state index contributed by atoms with van der Waals surface area (Å²) < 4.78 is 1.66. The molecule has 25 heavy (non-hydrogen) atoms. The number of carboxylic acids is 1. The van der Waals surface area contributed by atoms with Crippen LogP contribution in [0.5, 0.6) is 0 Å². The first-order valence-electron chi connectivity index (χ1n) is 8.49. The first kappa shape index (κ1) is 15.8. The molecule has 1 aliphatic carbocycles. The van der Waals surface area contributed by atoms with Crippen LogP contribution >= 0.6 is 0 Å². The zero-order valence-electron chi connectivity index (χ0n) is 14.1. The van der Waals surface area contributed by atoms with Crippen LogP contribution in [0.3, 0.4) is 0 Å². The van der Waals surface area contributed by atoms with Crippen molar-refractivity contribution in [2.75, 3.05) is 13.1 Å². The van der Waals surface area contributed by atoms with Gasteiger partial charge in [-0.2, -0.15) is 5.10 Å². The van der Waals surface area contributed by atoms with E-state index in [9.17, 15) is 14.7 Å². The number of rotatable bonds is 3. The Morgan fingerprint density at radius 2 is 2.20 bits per heavy atom. The minimum atomic E-state index is -0.761. The summed E-state index contributed by atoms with van der Waals surface area (Å²) in [7, 11) is 0. The fraction of sp³-hybridized carbons (Fsp3) is 0.444. The van der Waals surface area contributed by atoms with Crippen LogP contribution in [0.15, 0.2) is 30.9 Å². The maximum atomic E-state index is 12.9. The number of carbonyl (C=O) groups is 2. The molecule has 2 fully saturated rings. The summed E-state index contributed by atoms with van der Waals surface area (Å²) in [6.45, 7) is 2.77. The first-order valence-corrected chi connectivity index (χ1v) is 8.49. The van der Waals surface area contributed by atoms with Crippen LogP contribution < -0.4 is 0 Å². The van der Waals surface area contributed by atoms with Crippen LogP contribution in [0.1, 0.15) is 35.2 Å². The van der Waals surface area contributed by atoms with Gasteiger partial charge in [-0.05, 0) is 49.4 Å². The quantitative estimate of drug-likeness (QED) is 0.922. The van der Waals surface area contributed by atoms with Gasteiger partial charge in [0.2, 0.25) is 0 Å². The van der Waals surface area contributed by atoms with Crippen molar-refractivity contribution in [3.63, 3.8) is 0 Å². The van der Waals surface area contributed by atoms with E-state index in [4.69, 9.17) is 0 Å². The molecule has 1 saturated carbocycles. The molecule has 1 N–H and O–H groups in total. The van der Waals surface area contributed by atoms with Gasteiger partial charge >= 0.3 is 5.97 Å². The summed E-state index contributed by atoms with van der Waals surface area (Å²) in [5, 5.41) is 13.8. The highest BCUT2D eigenvalue weighted by molar-refractivity contribution is 5.95. The van der Waals surface area contributed by atoms with E-state index in [2.05, 4.69) is 10.1 Å². The number of carbonyl (C=O) groups excluding carboxylic acids is 1. The molecule has 4 rings (SSSR count). The Bertz CT molecular complexity index is 833. The van der Waals surface area contributed by atoms with E-state index >= 15 is 0 Å². The number of carboxylic acid groups (broad SMARTS) is 1. The highest BCUT2D eigenvalue weighted by Gasteiger charge is 2.55. The lowest BCUT2D eigenvalue weighted by atomic mass is 9.81. The Balaban J connectivity index is 1.58. The van der Waals surface area contributed by atoms with Gasteiger partial charge in [-0.25, -0.2) is 9.67 Å². The number of amides is 1. The van der Waals surface area contributed by atoms with Crippen LogP contribution in [0, 0.1) is 18.3 Å². The van der Waals surface area contributed by atoms with Gasteiger partial charge in [-0.15, -0.1) is 0 Å². The van der Waals surface area contributed by atoms with E-state index in [1.54, 1.807) is 22.0 Å². The molecule has 7 heteroatoms. The van der Waals surface area contributed by atoms with E-state index in [0.29, 0.717) is 25.1 Å². The highest BCUT2D eigenvalue weighted by Crippen LogP contribution is 2.49. The molecule has 130 valence electrons. The molecule has 7 nitrogen and oxygen atoms in total. The normalized spacial score (nSPS) is 25.2. The number of benzene rings is 1. The van der Waals surface area contributed by atoms with Crippen molar-refractivity contribution >= 4 is 11.9 Å². The zero-order chi connectivity index (χ0) is 17.6. The third-order valence-corrected chi connectivity index (χ3v) is 5.69. The third kappa shape index (κ3) is 2.42. The summed E-state index contributed by atoms with van der Waals surface area (Å²) in [4.78, 5) is 30.3. The van der Waals surface area contributed by atoms with E-state index in [0.717, 1.165) is 24.1 Å². The third-order valence-electron chi connectivity index (χ3n) is 5.69. The molecule has 0 spiro atoms. The second-order valence-corrected chi connectivity index (χ2v) is 7.08. The monoisotopic (exact) mass is 340 g/mol. The molecule has 2 atom stereocenters. The number of aryl methyl sites for hydroxylation is 1. The van der Waals surface area contributed by atoms with Crippen molar-refractivity contribution in [2.24, 2.45) is 11.3 Å². The number of hydrogen-bond acceptors (Lipinski definition) is 4. The Labute approximate surface area is 145 Å². The van der Waals surface area contributed by atoms with Gasteiger partial charge in [0.25, 0.3) is 5.91 Å². The Morgan fingerprint density at radius 1 is 1.36 bits per heavy atom. The number of nitrogens with zero attached hydrogens (tertiary/aromatic N) is 4. The Hall–Kier alpha value is -2.70. The lowest BCUT2D eigenvalue weighted by Gasteiger charge is -2.23. The summed E-state index contributed by atoms with van der Waals surface area (Å²) in [5.41, 5.74) is 1.63. The van der Waals surface area contributed by atoms with Crippen LogP contribution in [-0.2, 0) is 4.79 Å². The van der Waals surface area contributed by atoms with E-state index in [1.807, 2.05) is 19.1 Å². The van der Waals surface area contributed by atoms with E-state index in [1.165, 1.54) is 6.33 Å². The standard InChI is InChI=1S/C18H20N4O3/c1-12-7-13(4-5-15(12)22-11-19-10-20-22)16(23)21-8-14-3-2-6-18(14,9-21)17(24)25/h4-5,7,10-11,14H,2-3,6,8-9H2,1H3,(H,24,25)/t14-,18+/m0/s1. The number of hydrogen-bond donors (Lipinski definition) is 1. The number of aliphatic carboxylic acids is 1. The molecule has 2 aromatic rings. The van der Waals surface area contributed by atoms with Gasteiger partial charge in [0, 0.05) is 18.7 Å². The summed E-state index contributed by atoms with van der Waals surface area (Å²) in [5.74, 6) is -0.782. The van der Waals surface area contributed by atoms with Crippen molar-refractivity contribution in [3.8, 4) is 5.69 Å². The molecule has 2 aliphatic rings. The lowest BCUT2D eigenvalue weighted by molar-refractivity contribution is -0.149. The fourth-order valence-electron chi connectivity index (χ4n) is 4.35. The Morgan fingerprint density at radius 3 is 2.84 bits per heavy atom. The molecule has 1 aliphatic heterocycles. The van der Waals surface area contributed by atoms with Gasteiger partial charge in [-0.3, -0.25) is 9.59 Å². The van der Waals surface area contributed by atoms with Crippen LogP contribution in [-0.4, -0.2) is 49.7 Å². The van der Waals surface area contributed by atoms with Gasteiger partial charge < -0.3 is 10.0 Å². The lowest BCUT2D eigenvalue weighted by Crippen LogP contribution is -2.37. The Kier molecular flexibility index (Phi) is 3.59. The van der Waals surface area contributed by atoms with Gasteiger partial charge in [0.15, 0.2) is 0 Å². The predicted molar refractivity (Wildman–Crippen MR) is 89.4 cm³/mol. The van der Waals surface area contributed by atoms with Crippen LogP contribution in [0.4, 0.5) is 0 Å². The fourth-order valence-corrected chi connectivity index (χ4v) is 4.35. The van der Waals surface area contributed by atoms with Crippen molar-refractivity contribution in [2.45, 2.75) is 26.2 Å². The van der Waals surface area contributed by atoms with Gasteiger partial charge in [-0.1, -0.05) is 6.42 Å². The highest BCUT2D eigenvalue weighted by atomic mass is 16.4. The molecule has 0 bridgehead atoms. The zero-order valence-corrected chi connectivity index (χ0v) is 14.1. The topological polar surface area (TPSA) is 88.3 Å². The molecular weight excluding hydrogens is 320 g/mol. The SMILES string of the molecule is Cc1cc(C(=O)N2C[C@@H]3CCC[C@@]3(C(=O)O)C2)ccc1-n1cncn1. The van der Waals surface area contributed by atoms with Crippen LogP contribution in [0.2, 0.25) is 0 Å². The van der Waals surface area contributed by atoms with Crippen LogP contribution in [0.25, 0.3) is 5.69 Å². The van der Waals surface area contributed by atoms with Gasteiger partial charge in [0.05, 0.1) is 11.1 Å². The molecule has 0 unspecified atom stereocenters. The van der Waals surface area contributed by atoms with Crippen molar-refractivity contribution < 1.29 is 14.7 Å². The minimum Gasteiger partial charge on any atom is -0.481 e. The largest absolute Gasteiger partial charge is 0.481 e. The smallest absolute Gasteiger partial charge is 0.311 e. The minimum absolute atomic E-state index is 0.0736. The van der Waals surface area contributed by atoms with E-state index in [-0.39, 0.29) is 11.8 Å². The predicted octanol–water partition coefficient (Wildman–Crippen LogP) is 1.90. The molecule has 1 amide bonds. The average molecular weight is 340 g/mol. The second-order valence-electron chi connectivity index (χ2n) is 7.08. The summed E-state index contributed by atoms with van der Waals surface area (Å²) >= 11 is 0. The maximum absolute atomic E-state index is 12.9. The molecule has 1 saturated heterocycles. The summed E-state index contributed by atoms with van der Waals surface area (Å²) in [6, 6.07) is 5.45. The molecule has 0 radical (unpaired) electrons. The first-order chi connectivity index (χ1) is 12.0. The van der Waals surface area contributed by atoms with E-state index < -0.39 is 11.4 Å². The molecular formula is C18H20N4O3.